The maximum absolute atomic E-state index is 13.1. The van der Waals surface area contributed by atoms with Crippen LogP contribution in [0.15, 0.2) is 29.6 Å². The fourth-order valence-corrected chi connectivity index (χ4v) is 5.38. The number of carbonyl (C=O) groups is 1. The van der Waals surface area contributed by atoms with E-state index in [0.717, 1.165) is 0 Å². The number of sulfonamides is 1. The van der Waals surface area contributed by atoms with Gasteiger partial charge in [0.15, 0.2) is 0 Å². The molecule has 1 aliphatic heterocycles. The molecule has 10 heteroatoms. The van der Waals surface area contributed by atoms with Crippen molar-refractivity contribution in [2.24, 2.45) is 18.4 Å². The number of aromatic nitrogens is 4. The molecule has 0 bridgehead atoms. The molecule has 1 amide bonds. The van der Waals surface area contributed by atoms with Crippen LogP contribution in [0, 0.1) is 18.3 Å². The summed E-state index contributed by atoms with van der Waals surface area (Å²) in [5, 5.41) is 11.5. The fourth-order valence-electron chi connectivity index (χ4n) is 3.67. The molecule has 2 aromatic heterocycles. The molecule has 3 rings (SSSR count). The first-order chi connectivity index (χ1) is 14.0. The molecule has 1 N–H and O–H groups in total. The second kappa shape index (κ2) is 8.50. The third-order valence-corrected chi connectivity index (χ3v) is 7.82. The third-order valence-electron chi connectivity index (χ3n) is 5.85. The molecule has 1 fully saturated rings. The van der Waals surface area contributed by atoms with Crippen LogP contribution in [0.4, 0.5) is 0 Å². The van der Waals surface area contributed by atoms with Crippen molar-refractivity contribution in [3.05, 3.63) is 30.4 Å². The Morgan fingerprint density at radius 2 is 2.07 bits per heavy atom. The van der Waals surface area contributed by atoms with Gasteiger partial charge in [-0.05, 0) is 31.2 Å². The van der Waals surface area contributed by atoms with Gasteiger partial charge in [-0.1, -0.05) is 20.8 Å². The Labute approximate surface area is 178 Å². The van der Waals surface area contributed by atoms with Gasteiger partial charge < -0.3 is 5.32 Å². The van der Waals surface area contributed by atoms with E-state index in [-0.39, 0.29) is 34.7 Å². The molecule has 2 aromatic rings. The summed E-state index contributed by atoms with van der Waals surface area (Å²) in [6.45, 7) is 9.11. The Kier molecular flexibility index (Phi) is 6.37. The lowest BCUT2D eigenvalue weighted by Gasteiger charge is -2.35. The monoisotopic (exact) mass is 436 g/mol. The Morgan fingerprint density at radius 1 is 1.33 bits per heavy atom. The standard InChI is InChI=1S/C20H32N6O3S/c1-15-17(12-22-24(15)5)30(28,29)26-11-6-8-16(13-26)19(27)23-18(20(2,3)4)14-25-10-7-9-21-25/h7,9-10,12,16,18H,6,8,11,13-14H2,1-5H3,(H,23,27)/t16-,18+/m1/s1. The molecule has 30 heavy (non-hydrogen) atoms. The zero-order valence-corrected chi connectivity index (χ0v) is 19.2. The first-order valence-corrected chi connectivity index (χ1v) is 11.7. The molecular weight excluding hydrogens is 404 g/mol. The van der Waals surface area contributed by atoms with Crippen molar-refractivity contribution < 1.29 is 13.2 Å². The number of carbonyl (C=O) groups excluding carboxylic acids is 1. The van der Waals surface area contributed by atoms with Crippen molar-refractivity contribution in [3.8, 4) is 0 Å². The first-order valence-electron chi connectivity index (χ1n) is 10.3. The van der Waals surface area contributed by atoms with E-state index >= 15 is 0 Å². The van der Waals surface area contributed by atoms with Gasteiger partial charge in [0, 0.05) is 32.5 Å². The van der Waals surface area contributed by atoms with Gasteiger partial charge in [0.05, 0.1) is 30.4 Å². The molecule has 0 saturated carbocycles. The van der Waals surface area contributed by atoms with E-state index in [1.165, 1.54) is 10.5 Å². The van der Waals surface area contributed by atoms with Crippen LogP contribution in [0.5, 0.6) is 0 Å². The van der Waals surface area contributed by atoms with E-state index in [1.807, 2.05) is 12.3 Å². The summed E-state index contributed by atoms with van der Waals surface area (Å²) < 4.78 is 31.0. The van der Waals surface area contributed by atoms with Gasteiger partial charge in [-0.25, -0.2) is 8.42 Å². The second-order valence-electron chi connectivity index (χ2n) is 9.08. The smallest absolute Gasteiger partial charge is 0.246 e. The molecule has 9 nitrogen and oxygen atoms in total. The van der Waals surface area contributed by atoms with Crippen molar-refractivity contribution in [3.63, 3.8) is 0 Å². The first kappa shape index (κ1) is 22.5. The Hall–Kier alpha value is -2.20. The maximum Gasteiger partial charge on any atom is 0.246 e. The number of amides is 1. The average Bonchev–Trinajstić information content (AvgIpc) is 3.31. The van der Waals surface area contributed by atoms with Gasteiger partial charge in [-0.2, -0.15) is 14.5 Å². The number of hydrogen-bond acceptors (Lipinski definition) is 5. The van der Waals surface area contributed by atoms with Gasteiger partial charge in [0.1, 0.15) is 4.90 Å². The summed E-state index contributed by atoms with van der Waals surface area (Å²) >= 11 is 0. The molecule has 0 aromatic carbocycles. The van der Waals surface area contributed by atoms with E-state index in [0.29, 0.717) is 31.6 Å². The van der Waals surface area contributed by atoms with Crippen LogP contribution in [0.1, 0.15) is 39.3 Å². The second-order valence-corrected chi connectivity index (χ2v) is 11.0. The Balaban J connectivity index is 1.72. The van der Waals surface area contributed by atoms with Crippen molar-refractivity contribution in [1.82, 2.24) is 29.2 Å². The highest BCUT2D eigenvalue weighted by molar-refractivity contribution is 7.89. The summed E-state index contributed by atoms with van der Waals surface area (Å²) in [6, 6.07) is 1.73. The van der Waals surface area contributed by atoms with Crippen LogP contribution in [0.2, 0.25) is 0 Å². The SMILES string of the molecule is Cc1c(S(=O)(=O)N2CCC[C@@H](C(=O)N[C@@H](Cn3cccn3)C(C)(C)C)C2)cnn1C. The van der Waals surface area contributed by atoms with E-state index < -0.39 is 10.0 Å². The summed E-state index contributed by atoms with van der Waals surface area (Å²) in [6.07, 6.45) is 6.29. The Morgan fingerprint density at radius 3 is 2.63 bits per heavy atom. The number of aryl methyl sites for hydroxylation is 1. The largest absolute Gasteiger partial charge is 0.351 e. The van der Waals surface area contributed by atoms with Crippen LogP contribution in [0.25, 0.3) is 0 Å². The van der Waals surface area contributed by atoms with Crippen LogP contribution in [0.3, 0.4) is 0 Å². The van der Waals surface area contributed by atoms with Crippen LogP contribution < -0.4 is 5.32 Å². The summed E-state index contributed by atoms with van der Waals surface area (Å²) in [4.78, 5) is 13.3. The van der Waals surface area contributed by atoms with Crippen molar-refractivity contribution >= 4 is 15.9 Å². The topological polar surface area (TPSA) is 102 Å². The van der Waals surface area contributed by atoms with E-state index in [2.05, 4.69) is 36.3 Å². The molecule has 0 spiro atoms. The van der Waals surface area contributed by atoms with E-state index in [4.69, 9.17) is 0 Å². The number of nitrogens with zero attached hydrogens (tertiary/aromatic N) is 5. The van der Waals surface area contributed by atoms with E-state index in [1.54, 1.807) is 29.5 Å². The molecule has 3 heterocycles. The number of nitrogens with one attached hydrogen (secondary N) is 1. The third kappa shape index (κ3) is 4.75. The van der Waals surface area contributed by atoms with Gasteiger partial charge in [-0.3, -0.25) is 14.2 Å². The zero-order valence-electron chi connectivity index (χ0n) is 18.4. The summed E-state index contributed by atoms with van der Waals surface area (Å²) in [7, 11) is -1.96. The summed E-state index contributed by atoms with van der Waals surface area (Å²) in [5.74, 6) is -0.488. The van der Waals surface area contributed by atoms with Gasteiger partial charge in [-0.15, -0.1) is 0 Å². The van der Waals surface area contributed by atoms with Crippen LogP contribution >= 0.6 is 0 Å². The lowest BCUT2D eigenvalue weighted by molar-refractivity contribution is -0.127. The molecule has 0 radical (unpaired) electrons. The summed E-state index contributed by atoms with van der Waals surface area (Å²) in [5.41, 5.74) is 0.420. The Bertz CT molecular complexity index is 975. The maximum atomic E-state index is 13.1. The number of piperidine rings is 1. The molecule has 1 aliphatic rings. The predicted molar refractivity (Wildman–Crippen MR) is 113 cm³/mol. The molecule has 0 aliphatic carbocycles. The minimum absolute atomic E-state index is 0.107. The minimum Gasteiger partial charge on any atom is -0.351 e. The minimum atomic E-state index is -3.68. The fraction of sp³-hybridized carbons (Fsp3) is 0.650. The van der Waals surface area contributed by atoms with Gasteiger partial charge in [0.2, 0.25) is 15.9 Å². The van der Waals surface area contributed by atoms with Crippen molar-refractivity contribution in [2.75, 3.05) is 13.1 Å². The molecule has 1 saturated heterocycles. The molecular formula is C20H32N6O3S. The van der Waals surface area contributed by atoms with Crippen molar-refractivity contribution in [2.45, 2.75) is 58.0 Å². The number of hydrogen-bond donors (Lipinski definition) is 1. The van der Waals surface area contributed by atoms with Crippen LogP contribution in [-0.4, -0.2) is 57.3 Å². The molecule has 2 atom stereocenters. The van der Waals surface area contributed by atoms with E-state index in [9.17, 15) is 13.2 Å². The van der Waals surface area contributed by atoms with Gasteiger partial charge in [0.25, 0.3) is 0 Å². The quantitative estimate of drug-likeness (QED) is 0.740. The molecule has 0 unspecified atom stereocenters. The van der Waals surface area contributed by atoms with Gasteiger partial charge >= 0.3 is 0 Å². The average molecular weight is 437 g/mol. The van der Waals surface area contributed by atoms with Crippen molar-refractivity contribution in [1.29, 1.82) is 0 Å². The highest BCUT2D eigenvalue weighted by Gasteiger charge is 2.36. The molecule has 166 valence electrons. The highest BCUT2D eigenvalue weighted by atomic mass is 32.2. The predicted octanol–water partition coefficient (Wildman–Crippen LogP) is 1.56. The lowest BCUT2D eigenvalue weighted by atomic mass is 9.86. The number of rotatable bonds is 6. The normalized spacial score (nSPS) is 19.6. The zero-order chi connectivity index (χ0) is 22.1. The highest BCUT2D eigenvalue weighted by Crippen LogP contribution is 2.27. The van der Waals surface area contributed by atoms with Crippen LogP contribution in [-0.2, 0) is 28.4 Å². The lowest BCUT2D eigenvalue weighted by Crippen LogP contribution is -2.51.